The molecule has 1 amide bonds. The van der Waals surface area contributed by atoms with Crippen molar-refractivity contribution in [2.75, 3.05) is 38.5 Å². The van der Waals surface area contributed by atoms with E-state index in [0.29, 0.717) is 0 Å². The largest absolute Gasteiger partial charge is 0.340 e. The molecule has 1 saturated heterocycles. The van der Waals surface area contributed by atoms with Gasteiger partial charge in [-0.3, -0.25) is 9.69 Å². The van der Waals surface area contributed by atoms with Crippen LogP contribution in [0.25, 0.3) is 0 Å². The summed E-state index contributed by atoms with van der Waals surface area (Å²) in [5, 5.41) is 0. The summed E-state index contributed by atoms with van der Waals surface area (Å²) >= 11 is 1.82. The summed E-state index contributed by atoms with van der Waals surface area (Å²) < 4.78 is 0. The molecule has 0 spiro atoms. The van der Waals surface area contributed by atoms with Gasteiger partial charge in [-0.1, -0.05) is 18.2 Å². The molecule has 1 aliphatic rings. The quantitative estimate of drug-likeness (QED) is 0.803. The fraction of sp³-hybridized carbons (Fsp3) is 0.562. The van der Waals surface area contributed by atoms with Gasteiger partial charge in [-0.05, 0) is 25.1 Å². The minimum Gasteiger partial charge on any atom is -0.340 e. The molecule has 2 N–H and O–H groups in total. The van der Waals surface area contributed by atoms with E-state index in [1.807, 2.05) is 22.7 Å². The Morgan fingerprint density at radius 1 is 1.23 bits per heavy atom. The highest BCUT2D eigenvalue weighted by atomic mass is 35.5. The first kappa shape index (κ1) is 19.3. The Morgan fingerprint density at radius 2 is 1.86 bits per heavy atom. The first-order valence-corrected chi connectivity index (χ1v) is 8.55. The molecule has 0 radical (unpaired) electrons. The zero-order chi connectivity index (χ0) is 15.1. The molecular formula is C16H26ClN3OS. The Morgan fingerprint density at radius 3 is 2.45 bits per heavy atom. The third-order valence-corrected chi connectivity index (χ3v) is 5.04. The van der Waals surface area contributed by atoms with Crippen LogP contribution in [0.15, 0.2) is 35.2 Å². The second-order valence-electron chi connectivity index (χ2n) is 5.52. The molecule has 0 bridgehead atoms. The Kier molecular flexibility index (Phi) is 8.86. The lowest BCUT2D eigenvalue weighted by atomic mass is 10.2. The molecular weight excluding hydrogens is 318 g/mol. The number of nitrogens with two attached hydrogens (primary N) is 1. The molecule has 0 saturated carbocycles. The Bertz CT molecular complexity index is 438. The molecule has 1 aliphatic heterocycles. The van der Waals surface area contributed by atoms with Gasteiger partial charge in [-0.15, -0.1) is 24.2 Å². The molecule has 4 nitrogen and oxygen atoms in total. The molecule has 0 unspecified atom stereocenters. The molecule has 0 aromatic heterocycles. The minimum atomic E-state index is 0. The van der Waals surface area contributed by atoms with Crippen molar-refractivity contribution in [3.05, 3.63) is 30.3 Å². The van der Waals surface area contributed by atoms with Gasteiger partial charge in [0.05, 0.1) is 0 Å². The van der Waals surface area contributed by atoms with Crippen molar-refractivity contribution in [2.24, 2.45) is 5.73 Å². The highest BCUT2D eigenvalue weighted by molar-refractivity contribution is 7.99. The van der Waals surface area contributed by atoms with Gasteiger partial charge in [0.2, 0.25) is 5.91 Å². The number of rotatable bonds is 6. The van der Waals surface area contributed by atoms with Crippen molar-refractivity contribution >= 4 is 30.1 Å². The zero-order valence-electron chi connectivity index (χ0n) is 13.1. The van der Waals surface area contributed by atoms with Gasteiger partial charge < -0.3 is 10.6 Å². The van der Waals surface area contributed by atoms with Crippen LogP contribution in [0.4, 0.5) is 0 Å². The lowest BCUT2D eigenvalue weighted by Gasteiger charge is -2.34. The third kappa shape index (κ3) is 6.57. The van der Waals surface area contributed by atoms with E-state index in [0.717, 1.165) is 44.9 Å². The maximum Gasteiger partial charge on any atom is 0.219 e. The number of carbonyl (C=O) groups excluding carboxylic acids is 1. The number of halogens is 1. The first-order chi connectivity index (χ1) is 10.1. The average Bonchev–Trinajstić information content (AvgIpc) is 2.52. The van der Waals surface area contributed by atoms with Crippen molar-refractivity contribution in [1.82, 2.24) is 9.80 Å². The van der Waals surface area contributed by atoms with Gasteiger partial charge in [0.25, 0.3) is 0 Å². The molecule has 1 aromatic rings. The van der Waals surface area contributed by atoms with Gasteiger partial charge in [0, 0.05) is 49.8 Å². The fourth-order valence-corrected chi connectivity index (χ4v) is 3.36. The smallest absolute Gasteiger partial charge is 0.219 e. The number of hydrogen-bond donors (Lipinski definition) is 1. The van der Waals surface area contributed by atoms with Crippen LogP contribution in [0, 0.1) is 0 Å². The van der Waals surface area contributed by atoms with Gasteiger partial charge >= 0.3 is 0 Å². The van der Waals surface area contributed by atoms with E-state index in [4.69, 9.17) is 5.73 Å². The lowest BCUT2D eigenvalue weighted by molar-refractivity contribution is -0.130. The van der Waals surface area contributed by atoms with Crippen LogP contribution in [0.2, 0.25) is 0 Å². The molecule has 1 heterocycles. The summed E-state index contributed by atoms with van der Waals surface area (Å²) in [4.78, 5) is 16.9. The standard InChI is InChI=1S/C16H25N3OS.ClH/c1-14(20)19-11-9-18(10-12-19)8-7-15(17)13-21-16-5-3-2-4-6-16;/h2-6,15H,7-13,17H2,1H3;1H/t15-;/m1./s1. The number of piperazine rings is 1. The van der Waals surface area contributed by atoms with Crippen LogP contribution in [0.1, 0.15) is 13.3 Å². The summed E-state index contributed by atoms with van der Waals surface area (Å²) in [7, 11) is 0. The second kappa shape index (κ2) is 10.1. The highest BCUT2D eigenvalue weighted by Gasteiger charge is 2.18. The summed E-state index contributed by atoms with van der Waals surface area (Å²) in [6.45, 7) is 6.32. The van der Waals surface area contributed by atoms with Gasteiger partial charge in [-0.25, -0.2) is 0 Å². The topological polar surface area (TPSA) is 49.6 Å². The summed E-state index contributed by atoms with van der Waals surface area (Å²) in [6, 6.07) is 10.6. The van der Waals surface area contributed by atoms with Crippen LogP contribution in [0.5, 0.6) is 0 Å². The molecule has 1 fully saturated rings. The van der Waals surface area contributed by atoms with Crippen LogP contribution in [-0.4, -0.2) is 60.2 Å². The molecule has 6 heteroatoms. The van der Waals surface area contributed by atoms with Crippen molar-refractivity contribution in [3.8, 4) is 0 Å². The summed E-state index contributed by atoms with van der Waals surface area (Å²) in [6.07, 6.45) is 1.01. The molecule has 0 aliphatic carbocycles. The van der Waals surface area contributed by atoms with E-state index in [2.05, 4.69) is 29.2 Å². The van der Waals surface area contributed by atoms with E-state index in [1.54, 1.807) is 6.92 Å². The van der Waals surface area contributed by atoms with E-state index in [9.17, 15) is 4.79 Å². The highest BCUT2D eigenvalue weighted by Crippen LogP contribution is 2.18. The normalized spacial score (nSPS) is 16.9. The molecule has 124 valence electrons. The molecule has 2 rings (SSSR count). The van der Waals surface area contributed by atoms with E-state index < -0.39 is 0 Å². The molecule has 22 heavy (non-hydrogen) atoms. The number of benzene rings is 1. The number of nitrogens with zero attached hydrogens (tertiary/aromatic N) is 2. The van der Waals surface area contributed by atoms with Crippen molar-refractivity contribution in [1.29, 1.82) is 0 Å². The zero-order valence-corrected chi connectivity index (χ0v) is 14.7. The Labute approximate surface area is 143 Å². The van der Waals surface area contributed by atoms with Gasteiger partial charge in [-0.2, -0.15) is 0 Å². The number of hydrogen-bond acceptors (Lipinski definition) is 4. The van der Waals surface area contributed by atoms with Crippen LogP contribution < -0.4 is 5.73 Å². The minimum absolute atomic E-state index is 0. The van der Waals surface area contributed by atoms with E-state index in [1.165, 1.54) is 4.90 Å². The van der Waals surface area contributed by atoms with E-state index >= 15 is 0 Å². The van der Waals surface area contributed by atoms with Crippen molar-refractivity contribution in [3.63, 3.8) is 0 Å². The maximum atomic E-state index is 11.3. The lowest BCUT2D eigenvalue weighted by Crippen LogP contribution is -2.48. The number of carbonyl (C=O) groups is 1. The van der Waals surface area contributed by atoms with Crippen molar-refractivity contribution < 1.29 is 4.79 Å². The SMILES string of the molecule is CC(=O)N1CCN(CC[C@@H](N)CSc2ccccc2)CC1.Cl. The molecule has 1 aromatic carbocycles. The predicted octanol–water partition coefficient (Wildman–Crippen LogP) is 2.08. The number of amides is 1. The van der Waals surface area contributed by atoms with Gasteiger partial charge in [0.1, 0.15) is 0 Å². The third-order valence-electron chi connectivity index (χ3n) is 3.84. The monoisotopic (exact) mass is 343 g/mol. The Balaban J connectivity index is 0.00000242. The maximum absolute atomic E-state index is 11.3. The predicted molar refractivity (Wildman–Crippen MR) is 95.7 cm³/mol. The first-order valence-electron chi connectivity index (χ1n) is 7.56. The average molecular weight is 344 g/mol. The van der Waals surface area contributed by atoms with Crippen molar-refractivity contribution in [2.45, 2.75) is 24.3 Å². The summed E-state index contributed by atoms with van der Waals surface area (Å²) in [5.74, 6) is 1.14. The fourth-order valence-electron chi connectivity index (χ4n) is 2.44. The summed E-state index contributed by atoms with van der Waals surface area (Å²) in [5.41, 5.74) is 6.20. The Hall–Kier alpha value is -0.750. The van der Waals surface area contributed by atoms with Crippen LogP contribution in [0.3, 0.4) is 0 Å². The molecule has 1 atom stereocenters. The number of thioether (sulfide) groups is 1. The van der Waals surface area contributed by atoms with Gasteiger partial charge in [0.15, 0.2) is 0 Å². The van der Waals surface area contributed by atoms with Crippen LogP contribution in [-0.2, 0) is 4.79 Å². The van der Waals surface area contributed by atoms with Crippen LogP contribution >= 0.6 is 24.2 Å². The second-order valence-corrected chi connectivity index (χ2v) is 6.61. The van der Waals surface area contributed by atoms with E-state index in [-0.39, 0.29) is 24.4 Å².